The molecule has 1 aromatic heterocycles. The molecule has 1 aliphatic heterocycles. The van der Waals surface area contributed by atoms with Crippen LogP contribution < -0.4 is 10.1 Å². The zero-order valence-electron chi connectivity index (χ0n) is 17.2. The number of pyridine rings is 1. The molecule has 1 amide bonds. The van der Waals surface area contributed by atoms with Gasteiger partial charge in [0.25, 0.3) is 0 Å². The lowest BCUT2D eigenvalue weighted by molar-refractivity contribution is -0.134. The van der Waals surface area contributed by atoms with Crippen molar-refractivity contribution in [2.24, 2.45) is 0 Å². The van der Waals surface area contributed by atoms with Crippen molar-refractivity contribution in [1.29, 1.82) is 0 Å². The number of benzene rings is 1. The number of carbonyl (C=O) groups is 1. The van der Waals surface area contributed by atoms with Gasteiger partial charge < -0.3 is 15.0 Å². The van der Waals surface area contributed by atoms with E-state index in [-0.39, 0.29) is 18.3 Å². The molecule has 2 aromatic rings. The van der Waals surface area contributed by atoms with Gasteiger partial charge >= 0.3 is 0 Å². The molecule has 0 aliphatic carbocycles. The average Bonchev–Trinajstić information content (AvgIpc) is 3.02. The van der Waals surface area contributed by atoms with E-state index in [4.69, 9.17) is 4.74 Å². The van der Waals surface area contributed by atoms with E-state index in [0.717, 1.165) is 56.6 Å². The number of nitrogens with zero attached hydrogens (tertiary/aromatic N) is 2. The van der Waals surface area contributed by atoms with E-state index in [1.807, 2.05) is 30.3 Å². The van der Waals surface area contributed by atoms with Gasteiger partial charge in [-0.15, -0.1) is 12.4 Å². The second kappa shape index (κ2) is 12.5. The topological polar surface area (TPSA) is 54.5 Å². The summed E-state index contributed by atoms with van der Waals surface area (Å²) >= 11 is 0. The van der Waals surface area contributed by atoms with E-state index in [1.54, 1.807) is 13.3 Å². The van der Waals surface area contributed by atoms with Gasteiger partial charge in [-0.25, -0.2) is 0 Å². The molecule has 158 valence electrons. The predicted octanol–water partition coefficient (Wildman–Crippen LogP) is 4.01. The Labute approximate surface area is 180 Å². The lowest BCUT2D eigenvalue weighted by Crippen LogP contribution is -2.40. The fourth-order valence-electron chi connectivity index (χ4n) is 3.78. The molecule has 1 atom stereocenters. The molecule has 0 saturated carbocycles. The molecule has 2 heterocycles. The van der Waals surface area contributed by atoms with Crippen LogP contribution in [0.2, 0.25) is 0 Å². The van der Waals surface area contributed by atoms with E-state index < -0.39 is 0 Å². The second-order valence-electron chi connectivity index (χ2n) is 7.38. The van der Waals surface area contributed by atoms with E-state index >= 15 is 0 Å². The number of carbonyl (C=O) groups excluding carboxylic acids is 1. The third-order valence-electron chi connectivity index (χ3n) is 5.38. The van der Waals surface area contributed by atoms with Crippen molar-refractivity contribution in [3.8, 4) is 5.75 Å². The number of aromatic nitrogens is 1. The first-order valence-electron chi connectivity index (χ1n) is 10.3. The monoisotopic (exact) mass is 417 g/mol. The van der Waals surface area contributed by atoms with Crippen LogP contribution in [-0.4, -0.2) is 42.0 Å². The molecule has 5 nitrogen and oxygen atoms in total. The van der Waals surface area contributed by atoms with Crippen molar-refractivity contribution >= 4 is 18.3 Å². The van der Waals surface area contributed by atoms with Crippen molar-refractivity contribution in [2.75, 3.05) is 20.2 Å². The maximum Gasteiger partial charge on any atom is 0.223 e. The highest BCUT2D eigenvalue weighted by atomic mass is 35.5. The molecule has 0 spiro atoms. The number of hydrogen-bond acceptors (Lipinski definition) is 4. The van der Waals surface area contributed by atoms with E-state index in [9.17, 15) is 4.79 Å². The van der Waals surface area contributed by atoms with Gasteiger partial charge in [-0.05, 0) is 75.0 Å². The largest absolute Gasteiger partial charge is 0.497 e. The quantitative estimate of drug-likeness (QED) is 0.705. The minimum atomic E-state index is 0. The Bertz CT molecular complexity index is 717. The van der Waals surface area contributed by atoms with Gasteiger partial charge in [0.1, 0.15) is 5.75 Å². The van der Waals surface area contributed by atoms with Crippen LogP contribution in [0.15, 0.2) is 48.7 Å². The van der Waals surface area contributed by atoms with Crippen LogP contribution in [0.25, 0.3) is 0 Å². The van der Waals surface area contributed by atoms with Gasteiger partial charge in [-0.2, -0.15) is 0 Å². The normalized spacial score (nSPS) is 16.4. The molecular formula is C23H32ClN3O2. The van der Waals surface area contributed by atoms with Crippen LogP contribution in [0.5, 0.6) is 5.75 Å². The van der Waals surface area contributed by atoms with Crippen LogP contribution in [0, 0.1) is 0 Å². The minimum Gasteiger partial charge on any atom is -0.497 e. The van der Waals surface area contributed by atoms with E-state index in [0.29, 0.717) is 19.0 Å². The van der Waals surface area contributed by atoms with Gasteiger partial charge in [0.05, 0.1) is 19.3 Å². The maximum atomic E-state index is 13.1. The number of amides is 1. The number of ether oxygens (including phenoxy) is 1. The Morgan fingerprint density at radius 2 is 2.00 bits per heavy atom. The van der Waals surface area contributed by atoms with Crippen LogP contribution in [-0.2, 0) is 17.8 Å². The molecule has 1 N–H and O–H groups in total. The molecule has 1 unspecified atom stereocenters. The summed E-state index contributed by atoms with van der Waals surface area (Å²) < 4.78 is 5.21. The summed E-state index contributed by atoms with van der Waals surface area (Å²) in [6.45, 7) is 2.62. The number of hydrogen-bond donors (Lipinski definition) is 1. The van der Waals surface area contributed by atoms with Crippen molar-refractivity contribution in [3.63, 3.8) is 0 Å². The number of rotatable bonds is 8. The Hall–Kier alpha value is -2.11. The number of methoxy groups -OCH3 is 1. The van der Waals surface area contributed by atoms with Crippen LogP contribution in [0.3, 0.4) is 0 Å². The summed E-state index contributed by atoms with van der Waals surface area (Å²) in [5.74, 6) is 1.11. The fourth-order valence-corrected chi connectivity index (χ4v) is 3.78. The zero-order valence-corrected chi connectivity index (χ0v) is 18.0. The molecule has 6 heteroatoms. The van der Waals surface area contributed by atoms with Gasteiger partial charge in [0, 0.05) is 18.7 Å². The lowest BCUT2D eigenvalue weighted by Gasteiger charge is -2.31. The number of nitrogens with one attached hydrogen (secondary N) is 1. The summed E-state index contributed by atoms with van der Waals surface area (Å²) in [5, 5.41) is 3.45. The van der Waals surface area contributed by atoms with Crippen LogP contribution >= 0.6 is 12.4 Å². The smallest absolute Gasteiger partial charge is 0.223 e. The van der Waals surface area contributed by atoms with Crippen molar-refractivity contribution in [3.05, 3.63) is 59.9 Å². The van der Waals surface area contributed by atoms with Gasteiger partial charge in [-0.1, -0.05) is 18.2 Å². The van der Waals surface area contributed by atoms with Crippen LogP contribution in [0.4, 0.5) is 0 Å². The average molecular weight is 418 g/mol. The van der Waals surface area contributed by atoms with Gasteiger partial charge in [0.15, 0.2) is 0 Å². The molecule has 1 aliphatic rings. The SMILES string of the molecule is COc1ccc(CCCC(=O)N(Cc2ccccn2)C2CCCNCC2)cc1.Cl. The summed E-state index contributed by atoms with van der Waals surface area (Å²) in [7, 11) is 1.67. The Kier molecular flexibility index (Phi) is 9.95. The molecule has 3 rings (SSSR count). The summed E-state index contributed by atoms with van der Waals surface area (Å²) in [4.78, 5) is 19.6. The van der Waals surface area contributed by atoms with Crippen molar-refractivity contribution in [1.82, 2.24) is 15.2 Å². The van der Waals surface area contributed by atoms with E-state index in [1.165, 1.54) is 5.56 Å². The first-order chi connectivity index (χ1) is 13.8. The Balaban J connectivity index is 0.00000300. The van der Waals surface area contributed by atoms with Crippen molar-refractivity contribution in [2.45, 2.75) is 51.1 Å². The summed E-state index contributed by atoms with van der Waals surface area (Å²) in [5.41, 5.74) is 2.20. The number of aryl methyl sites for hydroxylation is 1. The standard InChI is InChI=1S/C23H31N3O2.ClH/c1-28-22-12-10-19(11-13-22)6-4-9-23(27)26(18-20-7-2-3-16-25-20)21-8-5-15-24-17-14-21;/h2-3,7,10-13,16,21,24H,4-6,8-9,14-15,17-18H2,1H3;1H. The third kappa shape index (κ3) is 7.33. The lowest BCUT2D eigenvalue weighted by atomic mass is 10.0. The van der Waals surface area contributed by atoms with Crippen molar-refractivity contribution < 1.29 is 9.53 Å². The minimum absolute atomic E-state index is 0. The molecular weight excluding hydrogens is 386 g/mol. The Morgan fingerprint density at radius 3 is 2.72 bits per heavy atom. The highest BCUT2D eigenvalue weighted by Gasteiger charge is 2.24. The zero-order chi connectivity index (χ0) is 19.6. The van der Waals surface area contributed by atoms with Gasteiger partial charge in [-0.3, -0.25) is 9.78 Å². The Morgan fingerprint density at radius 1 is 1.17 bits per heavy atom. The molecule has 1 saturated heterocycles. The molecule has 1 aromatic carbocycles. The maximum absolute atomic E-state index is 13.1. The molecule has 29 heavy (non-hydrogen) atoms. The predicted molar refractivity (Wildman–Crippen MR) is 118 cm³/mol. The van der Waals surface area contributed by atoms with Crippen LogP contribution in [0.1, 0.15) is 43.4 Å². The molecule has 0 radical (unpaired) electrons. The third-order valence-corrected chi connectivity index (χ3v) is 5.38. The molecule has 1 fully saturated rings. The fraction of sp³-hybridized carbons (Fsp3) is 0.478. The van der Waals surface area contributed by atoms with E-state index in [2.05, 4.69) is 27.3 Å². The first-order valence-corrected chi connectivity index (χ1v) is 10.3. The highest BCUT2D eigenvalue weighted by Crippen LogP contribution is 2.19. The molecule has 0 bridgehead atoms. The first kappa shape index (κ1) is 23.2. The van der Waals surface area contributed by atoms with Gasteiger partial charge in [0.2, 0.25) is 5.91 Å². The number of halogens is 1. The summed E-state index contributed by atoms with van der Waals surface area (Å²) in [6, 6.07) is 14.3. The highest BCUT2D eigenvalue weighted by molar-refractivity contribution is 5.85. The summed E-state index contributed by atoms with van der Waals surface area (Å²) in [6.07, 6.45) is 7.32. The second-order valence-corrected chi connectivity index (χ2v) is 7.38.